The molecule has 0 aliphatic carbocycles. The second kappa shape index (κ2) is 7.04. The average Bonchev–Trinajstić information content (AvgIpc) is 2.54. The predicted octanol–water partition coefficient (Wildman–Crippen LogP) is 1.46. The van der Waals surface area contributed by atoms with Crippen LogP contribution in [0.1, 0.15) is 51.9 Å². The highest BCUT2D eigenvalue weighted by molar-refractivity contribution is 7.92. The van der Waals surface area contributed by atoms with E-state index in [1.54, 1.807) is 0 Å². The summed E-state index contributed by atoms with van der Waals surface area (Å²) >= 11 is 0. The first-order valence-electron chi connectivity index (χ1n) is 7.76. The van der Waals surface area contributed by atoms with E-state index < -0.39 is 9.84 Å². The third-order valence-electron chi connectivity index (χ3n) is 4.46. The molecule has 2 N–H and O–H groups in total. The molecule has 0 aromatic carbocycles. The van der Waals surface area contributed by atoms with Gasteiger partial charge in [-0.15, -0.1) is 0 Å². The van der Waals surface area contributed by atoms with Crippen molar-refractivity contribution in [1.29, 1.82) is 0 Å². The SMILES string of the molecule is CC(CC1CCCCCN1)NCC1CCCS1(=O)=O. The lowest BCUT2D eigenvalue weighted by Gasteiger charge is -2.22. The first-order valence-corrected chi connectivity index (χ1v) is 9.48. The van der Waals surface area contributed by atoms with E-state index in [0.717, 1.165) is 25.8 Å². The molecule has 3 atom stereocenters. The lowest BCUT2D eigenvalue weighted by Crippen LogP contribution is -2.40. The molecular formula is C14H28N2O2S. The Labute approximate surface area is 117 Å². The zero-order valence-electron chi connectivity index (χ0n) is 12.0. The molecular weight excluding hydrogens is 260 g/mol. The summed E-state index contributed by atoms with van der Waals surface area (Å²) in [7, 11) is -2.80. The van der Waals surface area contributed by atoms with E-state index in [9.17, 15) is 8.42 Å². The maximum absolute atomic E-state index is 11.8. The van der Waals surface area contributed by atoms with E-state index >= 15 is 0 Å². The summed E-state index contributed by atoms with van der Waals surface area (Å²) in [6.45, 7) is 3.94. The summed E-state index contributed by atoms with van der Waals surface area (Å²) < 4.78 is 23.5. The molecule has 2 saturated heterocycles. The van der Waals surface area contributed by atoms with Gasteiger partial charge < -0.3 is 10.6 Å². The van der Waals surface area contributed by atoms with E-state index in [4.69, 9.17) is 0 Å². The van der Waals surface area contributed by atoms with Gasteiger partial charge in [0.05, 0.1) is 11.0 Å². The van der Waals surface area contributed by atoms with Crippen molar-refractivity contribution in [3.63, 3.8) is 0 Å². The molecule has 2 heterocycles. The van der Waals surface area contributed by atoms with Crippen LogP contribution in [0, 0.1) is 0 Å². The normalized spacial score (nSPS) is 32.9. The standard InChI is InChI=1S/C14H28N2O2S/c1-12(10-13-6-3-2-4-8-15-13)16-11-14-7-5-9-19(14,17)18/h12-16H,2-11H2,1H3. The molecule has 0 aromatic heterocycles. The second-order valence-corrected chi connectivity index (χ2v) is 8.58. The number of nitrogens with one attached hydrogen (secondary N) is 2. The second-order valence-electron chi connectivity index (χ2n) is 6.18. The highest BCUT2D eigenvalue weighted by Crippen LogP contribution is 2.19. The Morgan fingerprint density at radius 3 is 2.79 bits per heavy atom. The van der Waals surface area contributed by atoms with Gasteiger partial charge in [0.2, 0.25) is 0 Å². The van der Waals surface area contributed by atoms with Crippen molar-refractivity contribution >= 4 is 9.84 Å². The summed E-state index contributed by atoms with van der Waals surface area (Å²) in [4.78, 5) is 0. The molecule has 5 heteroatoms. The van der Waals surface area contributed by atoms with Crippen molar-refractivity contribution in [2.75, 3.05) is 18.8 Å². The summed E-state index contributed by atoms with van der Waals surface area (Å²) in [5.41, 5.74) is 0. The first kappa shape index (κ1) is 15.3. The fourth-order valence-electron chi connectivity index (χ4n) is 3.23. The minimum Gasteiger partial charge on any atom is -0.314 e. The van der Waals surface area contributed by atoms with Gasteiger partial charge in [0.1, 0.15) is 0 Å². The zero-order chi connectivity index (χ0) is 13.7. The minimum absolute atomic E-state index is 0.142. The van der Waals surface area contributed by atoms with Crippen LogP contribution in [-0.2, 0) is 9.84 Å². The molecule has 2 rings (SSSR count). The molecule has 0 saturated carbocycles. The molecule has 0 aromatic rings. The highest BCUT2D eigenvalue weighted by Gasteiger charge is 2.31. The summed E-state index contributed by atoms with van der Waals surface area (Å²) in [6, 6.07) is 0.997. The predicted molar refractivity (Wildman–Crippen MR) is 79.1 cm³/mol. The van der Waals surface area contributed by atoms with Gasteiger partial charge >= 0.3 is 0 Å². The van der Waals surface area contributed by atoms with E-state index in [1.807, 2.05) is 0 Å². The van der Waals surface area contributed by atoms with Crippen LogP contribution in [0.5, 0.6) is 0 Å². The number of sulfone groups is 1. The van der Waals surface area contributed by atoms with Crippen molar-refractivity contribution in [3.05, 3.63) is 0 Å². The molecule has 0 bridgehead atoms. The van der Waals surface area contributed by atoms with E-state index in [0.29, 0.717) is 24.4 Å². The van der Waals surface area contributed by atoms with Gasteiger partial charge in [-0.3, -0.25) is 0 Å². The third-order valence-corrected chi connectivity index (χ3v) is 6.73. The summed E-state index contributed by atoms with van der Waals surface area (Å²) in [6.07, 6.45) is 7.99. The fourth-order valence-corrected chi connectivity index (χ4v) is 5.01. The molecule has 2 fully saturated rings. The largest absolute Gasteiger partial charge is 0.314 e. The monoisotopic (exact) mass is 288 g/mol. The number of hydrogen-bond donors (Lipinski definition) is 2. The maximum Gasteiger partial charge on any atom is 0.154 e. The first-order chi connectivity index (χ1) is 9.08. The molecule has 0 amide bonds. The van der Waals surface area contributed by atoms with Gasteiger partial charge in [0.15, 0.2) is 9.84 Å². The van der Waals surface area contributed by atoms with Crippen LogP contribution in [0.15, 0.2) is 0 Å². The van der Waals surface area contributed by atoms with Gasteiger partial charge in [-0.2, -0.15) is 0 Å². The average molecular weight is 288 g/mol. The van der Waals surface area contributed by atoms with Gasteiger partial charge in [-0.25, -0.2) is 8.42 Å². The van der Waals surface area contributed by atoms with Crippen LogP contribution in [0.4, 0.5) is 0 Å². The highest BCUT2D eigenvalue weighted by atomic mass is 32.2. The van der Waals surface area contributed by atoms with Crippen LogP contribution in [0.25, 0.3) is 0 Å². The van der Waals surface area contributed by atoms with Crippen LogP contribution < -0.4 is 10.6 Å². The van der Waals surface area contributed by atoms with Crippen molar-refractivity contribution in [2.45, 2.75) is 69.2 Å². The lowest BCUT2D eigenvalue weighted by molar-refractivity contribution is 0.401. The molecule has 112 valence electrons. The Bertz CT molecular complexity index is 362. The molecule has 2 aliphatic rings. The van der Waals surface area contributed by atoms with Crippen LogP contribution in [-0.4, -0.2) is 44.6 Å². The van der Waals surface area contributed by atoms with Gasteiger partial charge in [0, 0.05) is 18.6 Å². The quantitative estimate of drug-likeness (QED) is 0.804. The maximum atomic E-state index is 11.8. The Balaban J connectivity index is 1.70. The molecule has 0 spiro atoms. The topological polar surface area (TPSA) is 58.2 Å². The lowest BCUT2D eigenvalue weighted by atomic mass is 10.0. The molecule has 0 radical (unpaired) electrons. The van der Waals surface area contributed by atoms with Crippen molar-refractivity contribution in [2.24, 2.45) is 0 Å². The zero-order valence-corrected chi connectivity index (χ0v) is 12.8. The van der Waals surface area contributed by atoms with E-state index in [1.165, 1.54) is 25.7 Å². The summed E-state index contributed by atoms with van der Waals surface area (Å²) in [5.74, 6) is 0.387. The summed E-state index contributed by atoms with van der Waals surface area (Å²) in [5, 5.41) is 6.89. The molecule has 3 unspecified atom stereocenters. The van der Waals surface area contributed by atoms with Gasteiger partial charge in [0.25, 0.3) is 0 Å². The van der Waals surface area contributed by atoms with Crippen molar-refractivity contribution in [1.82, 2.24) is 10.6 Å². The Hall–Kier alpha value is -0.130. The molecule has 4 nitrogen and oxygen atoms in total. The molecule has 19 heavy (non-hydrogen) atoms. The Morgan fingerprint density at radius 2 is 2.05 bits per heavy atom. The number of rotatable bonds is 5. The minimum atomic E-state index is -2.80. The van der Waals surface area contributed by atoms with Crippen molar-refractivity contribution in [3.8, 4) is 0 Å². The van der Waals surface area contributed by atoms with E-state index in [2.05, 4.69) is 17.6 Å². The van der Waals surface area contributed by atoms with Gasteiger partial charge in [-0.05, 0) is 45.6 Å². The van der Waals surface area contributed by atoms with Gasteiger partial charge in [-0.1, -0.05) is 12.8 Å². The van der Waals surface area contributed by atoms with E-state index in [-0.39, 0.29) is 5.25 Å². The van der Waals surface area contributed by atoms with Crippen LogP contribution in [0.2, 0.25) is 0 Å². The Kier molecular flexibility index (Phi) is 5.66. The van der Waals surface area contributed by atoms with Crippen LogP contribution in [0.3, 0.4) is 0 Å². The molecule has 2 aliphatic heterocycles. The number of hydrogen-bond acceptors (Lipinski definition) is 4. The van der Waals surface area contributed by atoms with Crippen LogP contribution >= 0.6 is 0 Å². The smallest absolute Gasteiger partial charge is 0.154 e. The third kappa shape index (κ3) is 4.72. The Morgan fingerprint density at radius 1 is 1.21 bits per heavy atom. The van der Waals surface area contributed by atoms with Crippen molar-refractivity contribution < 1.29 is 8.42 Å². The fraction of sp³-hybridized carbons (Fsp3) is 1.00.